The highest BCUT2D eigenvalue weighted by Crippen LogP contribution is 2.23. The van der Waals surface area contributed by atoms with E-state index in [0.29, 0.717) is 17.8 Å². The number of benzene rings is 1. The average molecular weight is 393 g/mol. The molecule has 0 unspecified atom stereocenters. The molecular formula is C22H27N5O2. The first-order valence-corrected chi connectivity index (χ1v) is 10.0. The summed E-state index contributed by atoms with van der Waals surface area (Å²) in [5.41, 5.74) is 3.39. The summed E-state index contributed by atoms with van der Waals surface area (Å²) in [6.07, 6.45) is 3.88. The van der Waals surface area contributed by atoms with E-state index in [4.69, 9.17) is 9.84 Å². The Hall–Kier alpha value is -2.90. The lowest BCUT2D eigenvalue weighted by molar-refractivity contribution is 0.0383. The second-order valence-electron chi connectivity index (χ2n) is 7.34. The molecule has 0 bridgehead atoms. The summed E-state index contributed by atoms with van der Waals surface area (Å²) in [7, 11) is 0. The maximum absolute atomic E-state index is 13.1. The second-order valence-corrected chi connectivity index (χ2v) is 7.34. The quantitative estimate of drug-likeness (QED) is 0.698. The summed E-state index contributed by atoms with van der Waals surface area (Å²) in [4.78, 5) is 15.4. The van der Waals surface area contributed by atoms with Crippen LogP contribution in [0, 0.1) is 13.8 Å². The van der Waals surface area contributed by atoms with Gasteiger partial charge in [-0.25, -0.2) is 4.68 Å². The van der Waals surface area contributed by atoms with E-state index in [1.54, 1.807) is 0 Å². The van der Waals surface area contributed by atoms with Crippen LogP contribution in [0.25, 0.3) is 11.5 Å². The normalized spacial score (nSPS) is 14.8. The molecule has 1 saturated heterocycles. The number of ether oxygens (including phenoxy) is 1. The Labute approximate surface area is 170 Å². The molecule has 7 heteroatoms. The van der Waals surface area contributed by atoms with Gasteiger partial charge in [0.25, 0.3) is 5.91 Å². The lowest BCUT2D eigenvalue weighted by Crippen LogP contribution is -2.41. The third-order valence-electron chi connectivity index (χ3n) is 5.18. The van der Waals surface area contributed by atoms with Crippen LogP contribution < -0.4 is 5.32 Å². The van der Waals surface area contributed by atoms with E-state index >= 15 is 0 Å². The monoisotopic (exact) mass is 393 g/mol. The molecule has 3 aromatic rings. The van der Waals surface area contributed by atoms with Crippen LogP contribution in [-0.2, 0) is 4.74 Å². The van der Waals surface area contributed by atoms with Gasteiger partial charge in [0.2, 0.25) is 0 Å². The van der Waals surface area contributed by atoms with E-state index in [0.717, 1.165) is 49.9 Å². The third-order valence-corrected chi connectivity index (χ3v) is 5.18. The fourth-order valence-corrected chi connectivity index (χ4v) is 3.68. The fourth-order valence-electron chi connectivity index (χ4n) is 3.68. The van der Waals surface area contributed by atoms with Crippen molar-refractivity contribution in [3.63, 3.8) is 0 Å². The van der Waals surface area contributed by atoms with Crippen molar-refractivity contribution in [3.05, 3.63) is 65.6 Å². The van der Waals surface area contributed by atoms with Crippen LogP contribution in [0.4, 0.5) is 0 Å². The first kappa shape index (κ1) is 19.4. The van der Waals surface area contributed by atoms with Gasteiger partial charge in [0, 0.05) is 38.6 Å². The molecule has 1 aromatic carbocycles. The van der Waals surface area contributed by atoms with Crippen LogP contribution in [0.2, 0.25) is 0 Å². The van der Waals surface area contributed by atoms with E-state index in [1.807, 2.05) is 52.8 Å². The van der Waals surface area contributed by atoms with Gasteiger partial charge in [0.1, 0.15) is 5.56 Å². The molecule has 1 aliphatic heterocycles. The lowest BCUT2D eigenvalue weighted by atomic mass is 10.2. The van der Waals surface area contributed by atoms with Crippen molar-refractivity contribution < 1.29 is 9.53 Å². The highest BCUT2D eigenvalue weighted by Gasteiger charge is 2.23. The summed E-state index contributed by atoms with van der Waals surface area (Å²) >= 11 is 0. The molecule has 7 nitrogen and oxygen atoms in total. The molecule has 3 heterocycles. The molecule has 1 N–H and O–H groups in total. The molecular weight excluding hydrogens is 366 g/mol. The maximum atomic E-state index is 13.1. The fraction of sp³-hybridized carbons (Fsp3) is 0.364. The molecule has 29 heavy (non-hydrogen) atoms. The highest BCUT2D eigenvalue weighted by atomic mass is 16.5. The minimum absolute atomic E-state index is 0.0987. The van der Waals surface area contributed by atoms with Crippen molar-refractivity contribution in [1.82, 2.24) is 24.6 Å². The minimum Gasteiger partial charge on any atom is -0.379 e. The number of aryl methyl sites for hydroxylation is 2. The Balaban J connectivity index is 1.61. The number of rotatable bonds is 6. The van der Waals surface area contributed by atoms with Crippen molar-refractivity contribution in [2.45, 2.75) is 13.8 Å². The van der Waals surface area contributed by atoms with Gasteiger partial charge in [-0.3, -0.25) is 9.69 Å². The zero-order valence-electron chi connectivity index (χ0n) is 17.0. The van der Waals surface area contributed by atoms with Crippen molar-refractivity contribution in [2.24, 2.45) is 0 Å². The van der Waals surface area contributed by atoms with Gasteiger partial charge in [0.15, 0.2) is 5.82 Å². The van der Waals surface area contributed by atoms with E-state index in [2.05, 4.69) is 29.3 Å². The van der Waals surface area contributed by atoms with Crippen LogP contribution in [0.3, 0.4) is 0 Å². The summed E-state index contributed by atoms with van der Waals surface area (Å²) in [5, 5.41) is 7.78. The summed E-state index contributed by atoms with van der Waals surface area (Å²) in [6, 6.07) is 12.0. The number of hydrogen-bond acceptors (Lipinski definition) is 4. The van der Waals surface area contributed by atoms with Crippen molar-refractivity contribution >= 4 is 5.91 Å². The van der Waals surface area contributed by atoms with Gasteiger partial charge in [-0.05, 0) is 43.7 Å². The van der Waals surface area contributed by atoms with Crippen molar-refractivity contribution in [2.75, 3.05) is 39.4 Å². The largest absolute Gasteiger partial charge is 0.379 e. The number of aromatic nitrogens is 3. The molecule has 0 atom stereocenters. The molecule has 1 aliphatic rings. The number of carbonyl (C=O) groups excluding carboxylic acids is 1. The SMILES string of the molecule is Cc1cccc(-n2nc(C)c(C(=O)NCCN3CCOCC3)c2-n2cccc2)c1. The topological polar surface area (TPSA) is 64.3 Å². The van der Waals surface area contributed by atoms with Gasteiger partial charge in [0.05, 0.1) is 24.6 Å². The zero-order chi connectivity index (χ0) is 20.2. The van der Waals surface area contributed by atoms with Crippen LogP contribution in [0.15, 0.2) is 48.8 Å². The zero-order valence-corrected chi connectivity index (χ0v) is 17.0. The number of nitrogens with zero attached hydrogens (tertiary/aromatic N) is 4. The van der Waals surface area contributed by atoms with Gasteiger partial charge >= 0.3 is 0 Å². The van der Waals surface area contributed by atoms with Gasteiger partial charge < -0.3 is 14.6 Å². The van der Waals surface area contributed by atoms with Crippen LogP contribution >= 0.6 is 0 Å². The number of hydrogen-bond donors (Lipinski definition) is 1. The predicted octanol–water partition coefficient (Wildman–Crippen LogP) is 2.34. The lowest BCUT2D eigenvalue weighted by Gasteiger charge is -2.26. The Morgan fingerprint density at radius 3 is 2.62 bits per heavy atom. The third kappa shape index (κ3) is 4.26. The van der Waals surface area contributed by atoms with Crippen molar-refractivity contribution in [3.8, 4) is 11.5 Å². The maximum Gasteiger partial charge on any atom is 0.257 e. The van der Waals surface area contributed by atoms with Gasteiger partial charge in [-0.1, -0.05) is 12.1 Å². The Morgan fingerprint density at radius 2 is 1.90 bits per heavy atom. The van der Waals surface area contributed by atoms with E-state index < -0.39 is 0 Å². The number of amides is 1. The molecule has 1 amide bonds. The molecule has 2 aromatic heterocycles. The number of morpholine rings is 1. The second kappa shape index (κ2) is 8.63. The molecule has 4 rings (SSSR count). The average Bonchev–Trinajstić information content (AvgIpc) is 3.36. The molecule has 0 saturated carbocycles. The van der Waals surface area contributed by atoms with E-state index in [9.17, 15) is 4.79 Å². The van der Waals surface area contributed by atoms with Gasteiger partial charge in [-0.2, -0.15) is 5.10 Å². The smallest absolute Gasteiger partial charge is 0.257 e. The summed E-state index contributed by atoms with van der Waals surface area (Å²) in [6.45, 7) is 8.69. The molecule has 0 radical (unpaired) electrons. The molecule has 0 spiro atoms. The van der Waals surface area contributed by atoms with E-state index in [1.165, 1.54) is 0 Å². The summed E-state index contributed by atoms with van der Waals surface area (Å²) in [5.74, 6) is 0.653. The predicted molar refractivity (Wildman–Crippen MR) is 112 cm³/mol. The highest BCUT2D eigenvalue weighted by molar-refractivity contribution is 5.98. The van der Waals surface area contributed by atoms with Crippen LogP contribution in [0.5, 0.6) is 0 Å². The Morgan fingerprint density at radius 1 is 1.14 bits per heavy atom. The number of carbonyl (C=O) groups is 1. The standard InChI is InChI=1S/C22H27N5O2/c1-17-6-5-7-19(16-17)27-22(26-9-3-4-10-26)20(18(2)24-27)21(28)23-8-11-25-12-14-29-15-13-25/h3-7,9-10,16H,8,11-15H2,1-2H3,(H,23,28). The van der Waals surface area contributed by atoms with E-state index in [-0.39, 0.29) is 5.91 Å². The van der Waals surface area contributed by atoms with Crippen LogP contribution in [-0.4, -0.2) is 64.5 Å². The van der Waals surface area contributed by atoms with Gasteiger partial charge in [-0.15, -0.1) is 0 Å². The molecule has 1 fully saturated rings. The molecule has 0 aliphatic carbocycles. The Kier molecular flexibility index (Phi) is 5.78. The Bertz CT molecular complexity index is 971. The number of nitrogens with one attached hydrogen (secondary N) is 1. The first-order valence-electron chi connectivity index (χ1n) is 10.0. The first-order chi connectivity index (χ1) is 14.1. The molecule has 152 valence electrons. The summed E-state index contributed by atoms with van der Waals surface area (Å²) < 4.78 is 9.17. The van der Waals surface area contributed by atoms with Crippen LogP contribution in [0.1, 0.15) is 21.6 Å². The minimum atomic E-state index is -0.0987. The van der Waals surface area contributed by atoms with Crippen molar-refractivity contribution in [1.29, 1.82) is 0 Å².